The number of aromatic nitrogens is 2. The Hall–Kier alpha value is -4.36. The molecule has 2 bridgehead atoms. The van der Waals surface area contributed by atoms with Crippen molar-refractivity contribution < 1.29 is 37.3 Å². The van der Waals surface area contributed by atoms with Crippen molar-refractivity contribution in [1.29, 1.82) is 0 Å². The van der Waals surface area contributed by atoms with Crippen molar-refractivity contribution in [3.05, 3.63) is 54.3 Å². The second-order valence-corrected chi connectivity index (χ2v) is 12.3. The predicted molar refractivity (Wildman–Crippen MR) is 165 cm³/mol. The third-order valence-electron chi connectivity index (χ3n) is 9.28. The van der Waals surface area contributed by atoms with Crippen molar-refractivity contribution in [2.45, 2.75) is 43.3 Å². The Kier molecular flexibility index (Phi) is 7.76. The van der Waals surface area contributed by atoms with Crippen LogP contribution in [0.25, 0.3) is 32.8 Å². The average Bonchev–Trinajstić information content (AvgIpc) is 3.47. The van der Waals surface area contributed by atoms with Crippen LogP contribution in [-0.2, 0) is 4.74 Å². The molecule has 0 saturated carbocycles. The maximum Gasteiger partial charge on any atom is 0.407 e. The monoisotopic (exact) mass is 637 g/mol. The quantitative estimate of drug-likeness (QED) is 0.247. The van der Waals surface area contributed by atoms with Crippen LogP contribution in [0.4, 0.5) is 23.8 Å². The summed E-state index contributed by atoms with van der Waals surface area (Å²) < 4.78 is 61.7. The van der Waals surface area contributed by atoms with E-state index in [1.54, 1.807) is 25.2 Å². The molecule has 0 unspecified atom stereocenters. The van der Waals surface area contributed by atoms with E-state index in [9.17, 15) is 18.7 Å². The highest BCUT2D eigenvalue weighted by Gasteiger charge is 2.45. The fourth-order valence-corrected chi connectivity index (χ4v) is 7.16. The first kappa shape index (κ1) is 30.3. The molecule has 3 aliphatic rings. The minimum Gasteiger partial charge on any atom is -0.468 e. The number of carboxylic acid groups (broad SMARTS) is 1. The molecule has 46 heavy (non-hydrogen) atoms. The van der Waals surface area contributed by atoms with Crippen molar-refractivity contribution in [2.75, 3.05) is 52.1 Å². The van der Waals surface area contributed by atoms with Gasteiger partial charge in [-0.25, -0.2) is 18.0 Å². The molecule has 0 aliphatic carbocycles. The van der Waals surface area contributed by atoms with Crippen LogP contribution in [0.15, 0.2) is 48.5 Å². The van der Waals surface area contributed by atoms with Gasteiger partial charge in [0.25, 0.3) is 5.92 Å². The number of alkyl halides is 2. The molecule has 3 aliphatic heterocycles. The summed E-state index contributed by atoms with van der Waals surface area (Å²) in [6.07, 6.45) is 0.114. The molecule has 3 fully saturated rings. The van der Waals surface area contributed by atoms with Gasteiger partial charge in [-0.3, -0.25) is 9.80 Å². The Labute approximate surface area is 263 Å². The Bertz CT molecular complexity index is 1800. The molecule has 0 radical (unpaired) electrons. The van der Waals surface area contributed by atoms with E-state index in [-0.39, 0.29) is 55.5 Å². The Balaban J connectivity index is 1.32. The summed E-state index contributed by atoms with van der Waals surface area (Å²) in [6, 6.07) is 13.5. The number of likely N-dealkylation sites (N-methyl/N-ethyl adjacent to an activating group) is 1. The van der Waals surface area contributed by atoms with Crippen LogP contribution in [0.3, 0.4) is 0 Å². The zero-order valence-corrected chi connectivity index (χ0v) is 25.5. The Morgan fingerprint density at radius 1 is 1.02 bits per heavy atom. The topological polar surface area (TPSA) is 100 Å². The third kappa shape index (κ3) is 5.51. The zero-order chi connectivity index (χ0) is 32.2. The van der Waals surface area contributed by atoms with Gasteiger partial charge in [0.1, 0.15) is 23.7 Å². The number of anilines is 1. The number of halogens is 3. The summed E-state index contributed by atoms with van der Waals surface area (Å²) in [5.74, 6) is -2.50. The van der Waals surface area contributed by atoms with E-state index >= 15 is 4.39 Å². The first-order valence-electron chi connectivity index (χ1n) is 15.2. The van der Waals surface area contributed by atoms with E-state index in [4.69, 9.17) is 14.2 Å². The number of likely N-dealkylation sites (tertiary alicyclic amines) is 1. The molecule has 13 heteroatoms. The summed E-state index contributed by atoms with van der Waals surface area (Å²) in [5.41, 5.74) is 0.894. The van der Waals surface area contributed by atoms with Crippen LogP contribution >= 0.6 is 0 Å². The fourth-order valence-electron chi connectivity index (χ4n) is 7.16. The molecule has 1 N–H and O–H groups in total. The van der Waals surface area contributed by atoms with Gasteiger partial charge >= 0.3 is 12.1 Å². The number of rotatable bonds is 8. The van der Waals surface area contributed by atoms with Gasteiger partial charge < -0.3 is 24.2 Å². The number of nitrogens with zero attached hydrogens (tertiary/aromatic N) is 5. The van der Waals surface area contributed by atoms with Gasteiger partial charge in [0, 0.05) is 43.6 Å². The van der Waals surface area contributed by atoms with E-state index in [1.165, 1.54) is 16.9 Å². The first-order chi connectivity index (χ1) is 22.1. The molecule has 1 amide bonds. The lowest BCUT2D eigenvalue weighted by Crippen LogP contribution is -2.55. The number of ether oxygens (including phenoxy) is 3. The lowest BCUT2D eigenvalue weighted by molar-refractivity contribution is 0.0136. The van der Waals surface area contributed by atoms with Gasteiger partial charge in [-0.1, -0.05) is 30.3 Å². The normalized spacial score (nSPS) is 22.6. The minimum absolute atomic E-state index is 0.0166. The lowest BCUT2D eigenvalue weighted by atomic mass is 9.96. The molecule has 3 saturated heterocycles. The number of hydrogen-bond acceptors (Lipinski definition) is 8. The van der Waals surface area contributed by atoms with E-state index in [2.05, 4.69) is 9.97 Å². The molecule has 3 aromatic carbocycles. The van der Waals surface area contributed by atoms with Crippen LogP contribution < -0.4 is 14.4 Å². The van der Waals surface area contributed by atoms with Crippen molar-refractivity contribution in [1.82, 2.24) is 19.8 Å². The summed E-state index contributed by atoms with van der Waals surface area (Å²) in [6.45, 7) is 0.298. The van der Waals surface area contributed by atoms with Gasteiger partial charge in [0.15, 0.2) is 12.6 Å². The Morgan fingerprint density at radius 3 is 2.48 bits per heavy atom. The van der Waals surface area contributed by atoms with E-state index in [1.807, 2.05) is 35.2 Å². The second-order valence-electron chi connectivity index (χ2n) is 12.3. The van der Waals surface area contributed by atoms with Gasteiger partial charge in [0.05, 0.1) is 18.6 Å². The number of carbonyl (C=O) groups is 1. The molecule has 4 heterocycles. The highest BCUT2D eigenvalue weighted by Crippen LogP contribution is 2.40. The number of piperazine rings is 1. The predicted octanol–water partition coefficient (Wildman–Crippen LogP) is 5.62. The van der Waals surface area contributed by atoms with Gasteiger partial charge in [-0.2, -0.15) is 9.97 Å². The Morgan fingerprint density at radius 2 is 1.78 bits per heavy atom. The first-order valence-corrected chi connectivity index (χ1v) is 15.2. The average molecular weight is 638 g/mol. The summed E-state index contributed by atoms with van der Waals surface area (Å²) in [5, 5.41) is 11.9. The van der Waals surface area contributed by atoms with Gasteiger partial charge in [-0.15, -0.1) is 0 Å². The van der Waals surface area contributed by atoms with E-state index in [0.717, 1.165) is 23.6 Å². The summed E-state index contributed by atoms with van der Waals surface area (Å²) in [7, 11) is 3.13. The van der Waals surface area contributed by atoms with Crippen LogP contribution in [0.1, 0.15) is 19.3 Å². The molecule has 4 aromatic rings. The second kappa shape index (κ2) is 11.8. The smallest absolute Gasteiger partial charge is 0.407 e. The number of amides is 1. The maximum atomic E-state index is 16.8. The molecule has 7 rings (SSSR count). The molecule has 0 spiro atoms. The molecular weight excluding hydrogens is 603 g/mol. The molecule has 10 nitrogen and oxygen atoms in total. The molecule has 242 valence electrons. The number of fused-ring (bicyclic) bond motifs is 4. The molecule has 1 aromatic heterocycles. The lowest BCUT2D eigenvalue weighted by Gasteiger charge is -2.40. The third-order valence-corrected chi connectivity index (χ3v) is 9.28. The van der Waals surface area contributed by atoms with Crippen molar-refractivity contribution in [3.8, 4) is 22.9 Å². The van der Waals surface area contributed by atoms with E-state index < -0.39 is 23.9 Å². The summed E-state index contributed by atoms with van der Waals surface area (Å²) >= 11 is 0. The van der Waals surface area contributed by atoms with Crippen molar-refractivity contribution >= 4 is 33.6 Å². The van der Waals surface area contributed by atoms with E-state index in [0.29, 0.717) is 35.6 Å². The summed E-state index contributed by atoms with van der Waals surface area (Å²) in [4.78, 5) is 26.1. The highest BCUT2D eigenvalue weighted by atomic mass is 19.3. The van der Waals surface area contributed by atoms with Crippen LogP contribution in [0.2, 0.25) is 0 Å². The number of benzene rings is 3. The van der Waals surface area contributed by atoms with Gasteiger partial charge in [-0.05, 0) is 54.4 Å². The van der Waals surface area contributed by atoms with Crippen molar-refractivity contribution in [2.24, 2.45) is 0 Å². The minimum atomic E-state index is -2.83. The molecular formula is C33H34F3N5O5. The van der Waals surface area contributed by atoms with Crippen LogP contribution in [-0.4, -0.2) is 102 Å². The number of hydrogen-bond donors (Lipinski definition) is 1. The SMILES string of the molecule is COCOc1cc(-c2ccc3c(N4C[C@H]5CC[C@@H](C4)N5C(=O)O)nc(OC[C@@H]4CC(F)(F)CN4C)nc3c2F)c2ccccc2c1. The standard InChI is InChI=1S/C33H34F3N5O5/c1-39-17-33(35,36)13-22(39)16-45-31-37-29-26(30(38-31)40-14-20-7-8-21(15-40)41(20)32(42)43)10-9-25(28(29)34)27-12-23(46-18-44-2)11-19-5-3-4-6-24(19)27/h3-6,9-12,20-22H,7-8,13-18H2,1-2H3,(H,42,43)/t20-,21+,22-/m0/s1. The van der Waals surface area contributed by atoms with Crippen LogP contribution in [0.5, 0.6) is 11.8 Å². The zero-order valence-electron chi connectivity index (χ0n) is 25.5. The largest absolute Gasteiger partial charge is 0.468 e. The molecule has 3 atom stereocenters. The maximum absolute atomic E-state index is 16.8. The highest BCUT2D eigenvalue weighted by molar-refractivity contribution is 6.01. The fraction of sp³-hybridized carbons (Fsp3) is 0.424. The number of methoxy groups -OCH3 is 1. The van der Waals surface area contributed by atoms with Crippen molar-refractivity contribution in [3.63, 3.8) is 0 Å². The van der Waals surface area contributed by atoms with Crippen LogP contribution in [0, 0.1) is 5.82 Å². The van der Waals surface area contributed by atoms with Gasteiger partial charge in [0.2, 0.25) is 0 Å².